The smallest absolute Gasteiger partial charge is 0.349 e. The van der Waals surface area contributed by atoms with Crippen LogP contribution in [0.3, 0.4) is 0 Å². The maximum Gasteiger partial charge on any atom is 0.349 e. The number of hydrogen-bond donors (Lipinski definition) is 0. The summed E-state index contributed by atoms with van der Waals surface area (Å²) in [6.45, 7) is 0. The maximum atomic E-state index is 11.5. The van der Waals surface area contributed by atoms with E-state index in [0.29, 0.717) is 0 Å². The number of benzene rings is 3. The molecule has 0 bridgehead atoms. The summed E-state index contributed by atoms with van der Waals surface area (Å²) in [5.41, 5.74) is 3.26. The van der Waals surface area contributed by atoms with E-state index in [9.17, 15) is 4.79 Å². The minimum absolute atomic E-state index is 0.472. The topological polar surface area (TPSA) is 38.7 Å². The van der Waals surface area contributed by atoms with Crippen LogP contribution in [0.5, 0.6) is 0 Å². The summed E-state index contributed by atoms with van der Waals surface area (Å²) in [5.74, 6) is -0.472. The molecule has 130 valence electrons. The van der Waals surface area contributed by atoms with E-state index in [2.05, 4.69) is 45.5 Å². The van der Waals surface area contributed by atoms with Crippen LogP contribution in [0, 0.1) is 0 Å². The van der Waals surface area contributed by atoms with Crippen molar-refractivity contribution in [3.05, 3.63) is 108 Å². The zero-order valence-corrected chi connectivity index (χ0v) is 15.2. The van der Waals surface area contributed by atoms with Crippen LogP contribution >= 0.6 is 11.9 Å². The molecule has 3 aromatic carbocycles. The first-order valence-electron chi connectivity index (χ1n) is 8.23. The van der Waals surface area contributed by atoms with Gasteiger partial charge in [-0.3, -0.25) is 0 Å². The molecule has 0 N–H and O–H groups in total. The molecule has 0 spiro atoms. The lowest BCUT2D eigenvalue weighted by Crippen LogP contribution is -2.25. The van der Waals surface area contributed by atoms with Gasteiger partial charge in [-0.05, 0) is 28.6 Å². The van der Waals surface area contributed by atoms with Crippen molar-refractivity contribution >= 4 is 24.1 Å². The summed E-state index contributed by atoms with van der Waals surface area (Å²) in [6, 6.07) is 30.6. The molecule has 3 rings (SSSR count). The van der Waals surface area contributed by atoms with Gasteiger partial charge in [-0.2, -0.15) is 0 Å². The van der Waals surface area contributed by atoms with E-state index in [1.54, 1.807) is 0 Å². The number of methoxy groups -OCH3 is 1. The molecule has 0 aliphatic carbocycles. The minimum Gasteiger partial charge on any atom is -0.465 e. The van der Waals surface area contributed by atoms with Crippen molar-refractivity contribution in [1.82, 2.24) is 0 Å². The van der Waals surface area contributed by atoms with Crippen LogP contribution in [-0.4, -0.2) is 19.3 Å². The highest BCUT2D eigenvalue weighted by atomic mass is 32.2. The van der Waals surface area contributed by atoms with Gasteiger partial charge in [0.1, 0.15) is 11.0 Å². The van der Waals surface area contributed by atoms with Gasteiger partial charge in [-0.15, -0.1) is 0 Å². The average Bonchev–Trinajstić information content (AvgIpc) is 2.73. The first-order chi connectivity index (χ1) is 12.8. The van der Waals surface area contributed by atoms with Gasteiger partial charge >= 0.3 is 5.97 Å². The Hall–Kier alpha value is -2.85. The second kappa shape index (κ2) is 8.50. The van der Waals surface area contributed by atoms with Crippen LogP contribution in [0.2, 0.25) is 0 Å². The first kappa shape index (κ1) is 18.0. The van der Waals surface area contributed by atoms with E-state index in [-0.39, 0.29) is 0 Å². The van der Waals surface area contributed by atoms with Gasteiger partial charge in [-0.25, -0.2) is 9.19 Å². The fourth-order valence-corrected chi connectivity index (χ4v) is 3.90. The summed E-state index contributed by atoms with van der Waals surface area (Å²) in [5, 5.41) is 0. The zero-order valence-electron chi connectivity index (χ0n) is 14.4. The van der Waals surface area contributed by atoms with Crippen LogP contribution in [0.15, 0.2) is 95.4 Å². The van der Waals surface area contributed by atoms with Crippen LogP contribution in [0.25, 0.3) is 0 Å². The Labute approximate surface area is 157 Å². The minimum atomic E-state index is -0.575. The molecule has 0 heterocycles. The van der Waals surface area contributed by atoms with Gasteiger partial charge in [0.15, 0.2) is 0 Å². The Kier molecular flexibility index (Phi) is 5.87. The van der Waals surface area contributed by atoms with E-state index >= 15 is 0 Å². The van der Waals surface area contributed by atoms with Gasteiger partial charge in [0, 0.05) is 0 Å². The fourth-order valence-electron chi connectivity index (χ4n) is 2.88. The quantitative estimate of drug-likeness (QED) is 0.272. The van der Waals surface area contributed by atoms with Crippen molar-refractivity contribution in [1.29, 1.82) is 0 Å². The second-order valence-electron chi connectivity index (χ2n) is 5.63. The molecule has 0 saturated carbocycles. The molecule has 0 aromatic heterocycles. The Balaban J connectivity index is 2.21. The van der Waals surface area contributed by atoms with Crippen molar-refractivity contribution in [2.24, 2.45) is 4.40 Å². The molecule has 0 unspecified atom stereocenters. The molecule has 0 fully saturated rings. The van der Waals surface area contributed by atoms with Crippen LogP contribution in [0.1, 0.15) is 16.7 Å². The van der Waals surface area contributed by atoms with Gasteiger partial charge < -0.3 is 4.74 Å². The van der Waals surface area contributed by atoms with Crippen LogP contribution in [-0.2, 0) is 14.3 Å². The number of ether oxygens (including phenoxy) is 1. The van der Waals surface area contributed by atoms with E-state index in [4.69, 9.17) is 0 Å². The van der Waals surface area contributed by atoms with E-state index < -0.39 is 10.7 Å². The van der Waals surface area contributed by atoms with Gasteiger partial charge in [0.2, 0.25) is 0 Å². The Bertz CT molecular complexity index is 768. The van der Waals surface area contributed by atoms with E-state index in [1.165, 1.54) is 25.3 Å². The highest BCUT2D eigenvalue weighted by Crippen LogP contribution is 2.48. The average molecular weight is 361 g/mol. The largest absolute Gasteiger partial charge is 0.465 e. The van der Waals surface area contributed by atoms with Crippen LogP contribution in [0.4, 0.5) is 0 Å². The van der Waals surface area contributed by atoms with E-state index in [0.717, 1.165) is 16.7 Å². The number of nitrogens with zero attached hydrogens (tertiary/aromatic N) is 1. The predicted molar refractivity (Wildman–Crippen MR) is 107 cm³/mol. The highest BCUT2D eigenvalue weighted by Gasteiger charge is 2.37. The number of carbonyl (C=O) groups excluding carboxylic acids is 1. The van der Waals surface area contributed by atoms with E-state index in [1.807, 2.05) is 54.6 Å². The highest BCUT2D eigenvalue weighted by molar-refractivity contribution is 7.99. The van der Waals surface area contributed by atoms with Crippen molar-refractivity contribution in [2.45, 2.75) is 4.75 Å². The van der Waals surface area contributed by atoms with Crippen molar-refractivity contribution < 1.29 is 9.53 Å². The third kappa shape index (κ3) is 3.70. The lowest BCUT2D eigenvalue weighted by molar-refractivity contribution is -0.132. The molecular weight excluding hydrogens is 342 g/mol. The molecule has 3 nitrogen and oxygen atoms in total. The summed E-state index contributed by atoms with van der Waals surface area (Å²) in [6.07, 6.45) is 1.22. The second-order valence-corrected chi connectivity index (χ2v) is 6.63. The third-order valence-corrected chi connectivity index (χ3v) is 5.28. The Morgan fingerprint density at radius 3 is 1.54 bits per heavy atom. The van der Waals surface area contributed by atoms with Crippen molar-refractivity contribution in [3.8, 4) is 0 Å². The lowest BCUT2D eigenvalue weighted by Gasteiger charge is -2.33. The molecular formula is C22H19NO2S. The number of hydrogen-bond acceptors (Lipinski definition) is 4. The van der Waals surface area contributed by atoms with Crippen LogP contribution < -0.4 is 0 Å². The molecule has 0 saturated heterocycles. The Morgan fingerprint density at radius 2 is 1.19 bits per heavy atom. The molecule has 3 aromatic rings. The summed E-state index contributed by atoms with van der Waals surface area (Å²) < 4.78 is 8.47. The molecule has 0 aliphatic rings. The lowest BCUT2D eigenvalue weighted by atomic mass is 9.84. The normalized spacial score (nSPS) is 11.4. The maximum absolute atomic E-state index is 11.5. The van der Waals surface area contributed by atoms with Crippen molar-refractivity contribution in [2.75, 3.05) is 7.11 Å². The van der Waals surface area contributed by atoms with Gasteiger partial charge in [0.25, 0.3) is 0 Å². The monoisotopic (exact) mass is 361 g/mol. The van der Waals surface area contributed by atoms with Crippen molar-refractivity contribution in [3.63, 3.8) is 0 Å². The number of carbonyl (C=O) groups is 1. The van der Waals surface area contributed by atoms with Gasteiger partial charge in [-0.1, -0.05) is 91.0 Å². The Morgan fingerprint density at radius 1 is 0.808 bits per heavy atom. The summed E-state index contributed by atoms with van der Waals surface area (Å²) >= 11 is 1.34. The molecule has 0 atom stereocenters. The van der Waals surface area contributed by atoms with Gasteiger partial charge in [0.05, 0.1) is 7.11 Å². The number of esters is 1. The fraction of sp³-hybridized carbons (Fsp3) is 0.0909. The summed E-state index contributed by atoms with van der Waals surface area (Å²) in [4.78, 5) is 11.5. The third-order valence-electron chi connectivity index (χ3n) is 4.09. The molecule has 0 amide bonds. The predicted octanol–water partition coefficient (Wildman–Crippen LogP) is 4.87. The zero-order chi connectivity index (χ0) is 18.2. The number of rotatable bonds is 6. The molecule has 0 radical (unpaired) electrons. The molecule has 4 heteroatoms. The summed E-state index contributed by atoms with van der Waals surface area (Å²) in [7, 11) is 1.35. The SMILES string of the molecule is COC(=O)/C=N/SC(c1ccccc1)(c1ccccc1)c1ccccc1. The standard InChI is InChI=1S/C22H19NO2S/c1-25-21(24)17-23-26-22(18-11-5-2-6-12-18,19-13-7-3-8-14-19)20-15-9-4-10-16-20/h2-17H,1H3/b23-17+. The molecule has 0 aliphatic heterocycles. The molecule has 26 heavy (non-hydrogen) atoms. The first-order valence-corrected chi connectivity index (χ1v) is 9.01.